The number of nitrogen functional groups attached to an aromatic ring is 1. The van der Waals surface area contributed by atoms with Gasteiger partial charge in [-0.2, -0.15) is 0 Å². The molecule has 2 rings (SSSR count). The number of nitrogens with one attached hydrogen (secondary N) is 1. The van der Waals surface area contributed by atoms with Crippen molar-refractivity contribution in [2.75, 3.05) is 19.5 Å². The second-order valence-corrected chi connectivity index (χ2v) is 5.37. The Balaban J connectivity index is 2.19. The molecule has 1 amide bonds. The number of hydrogen-bond donors (Lipinski definition) is 3. The molecule has 0 atom stereocenters. The zero-order valence-corrected chi connectivity index (χ0v) is 11.8. The van der Waals surface area contributed by atoms with Crippen molar-refractivity contribution in [2.45, 2.75) is 37.6 Å². The lowest BCUT2D eigenvalue weighted by Crippen LogP contribution is -2.52. The van der Waals surface area contributed by atoms with Gasteiger partial charge in [-0.15, -0.1) is 0 Å². The zero-order valence-electron chi connectivity index (χ0n) is 11.8. The molecule has 1 aromatic rings. The van der Waals surface area contributed by atoms with Crippen molar-refractivity contribution < 1.29 is 14.6 Å². The monoisotopic (exact) mass is 278 g/mol. The van der Waals surface area contributed by atoms with Gasteiger partial charge in [0.2, 0.25) is 0 Å². The van der Waals surface area contributed by atoms with Crippen LogP contribution in [0.5, 0.6) is 5.75 Å². The molecule has 0 unspecified atom stereocenters. The highest BCUT2D eigenvalue weighted by Gasteiger charge is 2.33. The fraction of sp³-hybridized carbons (Fsp3) is 0.533. The van der Waals surface area contributed by atoms with Crippen LogP contribution < -0.4 is 15.8 Å². The maximum atomic E-state index is 12.4. The highest BCUT2D eigenvalue weighted by molar-refractivity contribution is 6.00. The summed E-state index contributed by atoms with van der Waals surface area (Å²) in [5, 5.41) is 12.6. The van der Waals surface area contributed by atoms with Crippen LogP contribution in [0.1, 0.15) is 42.5 Å². The third kappa shape index (κ3) is 2.88. The molecule has 20 heavy (non-hydrogen) atoms. The van der Waals surface area contributed by atoms with Crippen molar-refractivity contribution >= 4 is 11.6 Å². The molecule has 0 bridgehead atoms. The van der Waals surface area contributed by atoms with Gasteiger partial charge in [-0.05, 0) is 25.0 Å². The number of aliphatic hydroxyl groups is 1. The highest BCUT2D eigenvalue weighted by Crippen LogP contribution is 2.30. The van der Waals surface area contributed by atoms with E-state index in [9.17, 15) is 9.90 Å². The molecule has 0 saturated heterocycles. The molecule has 5 heteroatoms. The van der Waals surface area contributed by atoms with Crippen LogP contribution in [-0.2, 0) is 0 Å². The average molecular weight is 278 g/mol. The van der Waals surface area contributed by atoms with Gasteiger partial charge in [-0.3, -0.25) is 4.79 Å². The van der Waals surface area contributed by atoms with Gasteiger partial charge in [0.1, 0.15) is 5.75 Å². The molecule has 0 aliphatic heterocycles. The molecule has 1 saturated carbocycles. The molecule has 1 fully saturated rings. The van der Waals surface area contributed by atoms with E-state index >= 15 is 0 Å². The van der Waals surface area contributed by atoms with E-state index in [1.54, 1.807) is 18.2 Å². The smallest absolute Gasteiger partial charge is 0.254 e. The first-order valence-electron chi connectivity index (χ1n) is 6.98. The summed E-state index contributed by atoms with van der Waals surface area (Å²) in [7, 11) is 1.52. The van der Waals surface area contributed by atoms with Gasteiger partial charge < -0.3 is 20.9 Å². The lowest BCUT2D eigenvalue weighted by atomic mass is 9.82. The number of rotatable bonds is 4. The first-order chi connectivity index (χ1) is 9.62. The van der Waals surface area contributed by atoms with Crippen LogP contribution in [0.3, 0.4) is 0 Å². The number of para-hydroxylation sites is 1. The summed E-state index contributed by atoms with van der Waals surface area (Å²) < 4.78 is 5.12. The standard InChI is InChI=1S/C15H22N2O3/c1-20-12-7-5-6-11(13(12)16)14(19)17-15(10-18)8-3-2-4-9-15/h5-7,18H,2-4,8-10,16H2,1H3,(H,17,19). The summed E-state index contributed by atoms with van der Waals surface area (Å²) in [4.78, 5) is 12.4. The molecular weight excluding hydrogens is 256 g/mol. The minimum Gasteiger partial charge on any atom is -0.495 e. The van der Waals surface area contributed by atoms with Gasteiger partial charge >= 0.3 is 0 Å². The van der Waals surface area contributed by atoms with Crippen molar-refractivity contribution in [1.29, 1.82) is 0 Å². The second-order valence-electron chi connectivity index (χ2n) is 5.37. The van der Waals surface area contributed by atoms with E-state index < -0.39 is 5.54 Å². The van der Waals surface area contributed by atoms with E-state index in [1.165, 1.54) is 7.11 Å². The Morgan fingerprint density at radius 3 is 2.70 bits per heavy atom. The van der Waals surface area contributed by atoms with Crippen LogP contribution in [0.25, 0.3) is 0 Å². The molecule has 1 aliphatic rings. The number of carbonyl (C=O) groups is 1. The molecule has 0 heterocycles. The molecular formula is C15H22N2O3. The van der Waals surface area contributed by atoms with Gasteiger partial charge in [0.05, 0.1) is 30.5 Å². The van der Waals surface area contributed by atoms with Crippen molar-refractivity contribution in [3.63, 3.8) is 0 Å². The number of carbonyl (C=O) groups excluding carboxylic acids is 1. The molecule has 110 valence electrons. The third-order valence-corrected chi connectivity index (χ3v) is 4.02. The number of ether oxygens (including phenoxy) is 1. The Kier molecular flexibility index (Phi) is 4.49. The number of hydrogen-bond acceptors (Lipinski definition) is 4. The van der Waals surface area contributed by atoms with Gasteiger partial charge in [-0.1, -0.05) is 25.3 Å². The molecule has 1 aromatic carbocycles. The van der Waals surface area contributed by atoms with E-state index in [0.717, 1.165) is 32.1 Å². The summed E-state index contributed by atoms with van der Waals surface area (Å²) in [5.74, 6) is 0.233. The number of amides is 1. The van der Waals surface area contributed by atoms with E-state index in [-0.39, 0.29) is 12.5 Å². The Morgan fingerprint density at radius 1 is 1.40 bits per heavy atom. The molecule has 5 nitrogen and oxygen atoms in total. The number of nitrogens with two attached hydrogens (primary N) is 1. The predicted octanol–water partition coefficient (Wildman–Crippen LogP) is 1.70. The summed E-state index contributed by atoms with van der Waals surface area (Å²) in [6.45, 7) is -0.0391. The fourth-order valence-electron chi connectivity index (χ4n) is 2.78. The van der Waals surface area contributed by atoms with Crippen LogP contribution in [0.4, 0.5) is 5.69 Å². The second kappa shape index (κ2) is 6.13. The van der Waals surface area contributed by atoms with Gasteiger partial charge in [0, 0.05) is 0 Å². The van der Waals surface area contributed by atoms with Gasteiger partial charge in [0.25, 0.3) is 5.91 Å². The quantitative estimate of drug-likeness (QED) is 0.732. The molecule has 0 aromatic heterocycles. The zero-order chi connectivity index (χ0) is 14.6. The summed E-state index contributed by atoms with van der Waals surface area (Å²) in [6, 6.07) is 5.12. The van der Waals surface area contributed by atoms with Crippen LogP contribution in [0.15, 0.2) is 18.2 Å². The van der Waals surface area contributed by atoms with Crippen LogP contribution in [0, 0.1) is 0 Å². The summed E-state index contributed by atoms with van der Waals surface area (Å²) in [5.41, 5.74) is 6.15. The third-order valence-electron chi connectivity index (χ3n) is 4.02. The Hall–Kier alpha value is -1.75. The number of benzene rings is 1. The Morgan fingerprint density at radius 2 is 2.10 bits per heavy atom. The van der Waals surface area contributed by atoms with E-state index in [2.05, 4.69) is 5.32 Å². The average Bonchev–Trinajstić information content (AvgIpc) is 2.48. The maximum Gasteiger partial charge on any atom is 0.254 e. The highest BCUT2D eigenvalue weighted by atomic mass is 16.5. The van der Waals surface area contributed by atoms with Gasteiger partial charge in [-0.25, -0.2) is 0 Å². The minimum atomic E-state index is -0.509. The minimum absolute atomic E-state index is 0.0391. The topological polar surface area (TPSA) is 84.6 Å². The van der Waals surface area contributed by atoms with Crippen LogP contribution >= 0.6 is 0 Å². The summed E-state index contributed by atoms with van der Waals surface area (Å²) >= 11 is 0. The van der Waals surface area contributed by atoms with Crippen molar-refractivity contribution in [3.8, 4) is 5.75 Å². The Bertz CT molecular complexity index is 482. The predicted molar refractivity (Wildman–Crippen MR) is 77.8 cm³/mol. The first kappa shape index (κ1) is 14.7. The van der Waals surface area contributed by atoms with E-state index in [4.69, 9.17) is 10.5 Å². The van der Waals surface area contributed by atoms with Crippen LogP contribution in [0.2, 0.25) is 0 Å². The van der Waals surface area contributed by atoms with Gasteiger partial charge in [0.15, 0.2) is 0 Å². The van der Waals surface area contributed by atoms with Crippen molar-refractivity contribution in [1.82, 2.24) is 5.32 Å². The number of anilines is 1. The molecule has 4 N–H and O–H groups in total. The fourth-order valence-corrected chi connectivity index (χ4v) is 2.78. The largest absolute Gasteiger partial charge is 0.495 e. The number of aliphatic hydroxyl groups excluding tert-OH is 1. The lowest BCUT2D eigenvalue weighted by Gasteiger charge is -2.36. The number of methoxy groups -OCH3 is 1. The van der Waals surface area contributed by atoms with Crippen molar-refractivity contribution in [2.24, 2.45) is 0 Å². The Labute approximate surface area is 119 Å². The first-order valence-corrected chi connectivity index (χ1v) is 6.98. The van der Waals surface area contributed by atoms with E-state index in [0.29, 0.717) is 17.0 Å². The van der Waals surface area contributed by atoms with E-state index in [1.807, 2.05) is 0 Å². The van der Waals surface area contributed by atoms with Crippen LogP contribution in [-0.4, -0.2) is 30.3 Å². The molecule has 0 radical (unpaired) electrons. The maximum absolute atomic E-state index is 12.4. The molecule has 1 aliphatic carbocycles. The molecule has 0 spiro atoms. The van der Waals surface area contributed by atoms with Crippen molar-refractivity contribution in [3.05, 3.63) is 23.8 Å². The summed E-state index contributed by atoms with van der Waals surface area (Å²) in [6.07, 6.45) is 4.81. The lowest BCUT2D eigenvalue weighted by molar-refractivity contribution is 0.0759. The normalized spacial score (nSPS) is 17.5. The SMILES string of the molecule is COc1cccc(C(=O)NC2(CO)CCCCC2)c1N.